The predicted molar refractivity (Wildman–Crippen MR) is 91.2 cm³/mol. The van der Waals surface area contributed by atoms with Crippen LogP contribution in [0.3, 0.4) is 0 Å². The topological polar surface area (TPSA) is 97.1 Å². The van der Waals surface area contributed by atoms with Crippen LogP contribution in [0.2, 0.25) is 0 Å². The number of benzene rings is 1. The highest BCUT2D eigenvalue weighted by molar-refractivity contribution is 5.99. The van der Waals surface area contributed by atoms with Gasteiger partial charge >= 0.3 is 0 Å². The van der Waals surface area contributed by atoms with Gasteiger partial charge in [-0.2, -0.15) is 0 Å². The van der Waals surface area contributed by atoms with E-state index in [0.29, 0.717) is 17.7 Å². The van der Waals surface area contributed by atoms with E-state index >= 15 is 0 Å². The van der Waals surface area contributed by atoms with E-state index in [2.05, 4.69) is 15.6 Å². The molecular weight excluding hydrogens is 323 g/mol. The molecule has 2 amide bonds. The summed E-state index contributed by atoms with van der Waals surface area (Å²) < 4.78 is 13.6. The second-order valence-electron chi connectivity index (χ2n) is 6.07. The summed E-state index contributed by atoms with van der Waals surface area (Å²) in [5, 5.41) is 5.40. The van der Waals surface area contributed by atoms with Crippen molar-refractivity contribution in [1.29, 1.82) is 0 Å². The van der Waals surface area contributed by atoms with Crippen LogP contribution in [-0.4, -0.2) is 28.9 Å². The summed E-state index contributed by atoms with van der Waals surface area (Å²) in [6, 6.07) is 8.61. The van der Waals surface area contributed by atoms with E-state index in [4.69, 9.17) is 5.73 Å². The predicted octanol–water partition coefficient (Wildman–Crippen LogP) is 1.16. The number of halogens is 1. The minimum Gasteiger partial charge on any atom is -0.344 e. The number of pyridine rings is 1. The Morgan fingerprint density at radius 3 is 2.96 bits per heavy atom. The van der Waals surface area contributed by atoms with Crippen LogP contribution in [0.25, 0.3) is 0 Å². The Balaban J connectivity index is 1.56. The van der Waals surface area contributed by atoms with Gasteiger partial charge in [0.2, 0.25) is 11.8 Å². The van der Waals surface area contributed by atoms with Crippen LogP contribution >= 0.6 is 0 Å². The normalized spacial score (nSPS) is 17.4. The molecule has 130 valence electrons. The van der Waals surface area contributed by atoms with Crippen LogP contribution in [0, 0.1) is 5.82 Å². The van der Waals surface area contributed by atoms with Crippen molar-refractivity contribution in [3.63, 3.8) is 0 Å². The minimum absolute atomic E-state index is 0.00713. The van der Waals surface area contributed by atoms with Crippen molar-refractivity contribution < 1.29 is 14.0 Å². The summed E-state index contributed by atoms with van der Waals surface area (Å²) in [7, 11) is 0. The third-order valence-electron chi connectivity index (χ3n) is 4.08. The number of hydrogen-bond donors (Lipinski definition) is 3. The van der Waals surface area contributed by atoms with E-state index in [0.717, 1.165) is 5.69 Å². The molecule has 0 aliphatic carbocycles. The number of amides is 2. The molecule has 1 unspecified atom stereocenters. The van der Waals surface area contributed by atoms with Gasteiger partial charge in [-0.1, -0.05) is 18.2 Å². The Hall–Kier alpha value is -2.80. The molecule has 0 saturated heterocycles. The number of carbonyl (C=O) groups is 2. The molecule has 6 nitrogen and oxygen atoms in total. The monoisotopic (exact) mass is 342 g/mol. The molecule has 1 aromatic heterocycles. The molecular formula is C18H19FN4O2. The second kappa shape index (κ2) is 7.40. The Morgan fingerprint density at radius 2 is 2.16 bits per heavy atom. The van der Waals surface area contributed by atoms with Crippen molar-refractivity contribution in [2.45, 2.75) is 31.3 Å². The van der Waals surface area contributed by atoms with Crippen molar-refractivity contribution in [2.24, 2.45) is 5.73 Å². The fraction of sp³-hybridized carbons (Fsp3) is 0.278. The number of anilines is 1. The van der Waals surface area contributed by atoms with Gasteiger partial charge < -0.3 is 16.4 Å². The summed E-state index contributed by atoms with van der Waals surface area (Å²) in [4.78, 5) is 28.5. The first kappa shape index (κ1) is 17.0. The van der Waals surface area contributed by atoms with Gasteiger partial charge in [0.15, 0.2) is 0 Å². The fourth-order valence-electron chi connectivity index (χ4n) is 2.85. The molecule has 0 saturated carbocycles. The van der Waals surface area contributed by atoms with Gasteiger partial charge in [-0.15, -0.1) is 0 Å². The van der Waals surface area contributed by atoms with Gasteiger partial charge in [0.05, 0.1) is 11.4 Å². The summed E-state index contributed by atoms with van der Waals surface area (Å²) in [6.07, 6.45) is 2.23. The lowest BCUT2D eigenvalue weighted by Gasteiger charge is -2.25. The van der Waals surface area contributed by atoms with Crippen LogP contribution in [0.1, 0.15) is 17.7 Å². The number of fused-ring (bicyclic) bond motifs is 1. The van der Waals surface area contributed by atoms with Crippen LogP contribution in [0.5, 0.6) is 0 Å². The Bertz CT molecular complexity index is 796. The number of nitrogens with zero attached hydrogens (tertiary/aromatic N) is 1. The smallest absolute Gasteiger partial charge is 0.247 e. The van der Waals surface area contributed by atoms with Crippen molar-refractivity contribution in [2.75, 3.05) is 5.32 Å². The summed E-state index contributed by atoms with van der Waals surface area (Å²) in [5.74, 6) is -0.965. The first-order valence-corrected chi connectivity index (χ1v) is 8.06. The number of rotatable bonds is 5. The molecule has 0 spiro atoms. The van der Waals surface area contributed by atoms with Crippen LogP contribution in [0.15, 0.2) is 42.6 Å². The highest BCUT2D eigenvalue weighted by atomic mass is 19.1. The maximum Gasteiger partial charge on any atom is 0.247 e. The molecule has 25 heavy (non-hydrogen) atoms. The maximum atomic E-state index is 13.6. The molecule has 0 fully saturated rings. The number of aromatic nitrogens is 1. The molecule has 0 bridgehead atoms. The maximum absolute atomic E-state index is 13.6. The van der Waals surface area contributed by atoms with E-state index in [1.165, 1.54) is 6.07 Å². The van der Waals surface area contributed by atoms with E-state index in [1.807, 2.05) is 0 Å². The van der Waals surface area contributed by atoms with Crippen molar-refractivity contribution in [1.82, 2.24) is 10.3 Å². The second-order valence-corrected chi connectivity index (χ2v) is 6.07. The molecule has 4 N–H and O–H groups in total. The Labute approximate surface area is 144 Å². The number of hydrogen-bond acceptors (Lipinski definition) is 4. The highest BCUT2D eigenvalue weighted by Crippen LogP contribution is 2.19. The van der Waals surface area contributed by atoms with Gasteiger partial charge in [0.1, 0.15) is 11.9 Å². The van der Waals surface area contributed by atoms with Gasteiger partial charge in [-0.25, -0.2) is 4.39 Å². The fourth-order valence-corrected chi connectivity index (χ4v) is 2.85. The molecule has 2 atom stereocenters. The van der Waals surface area contributed by atoms with Crippen molar-refractivity contribution >= 4 is 17.5 Å². The van der Waals surface area contributed by atoms with Gasteiger partial charge in [-0.05, 0) is 30.2 Å². The molecule has 2 aromatic rings. The van der Waals surface area contributed by atoms with E-state index in [1.54, 1.807) is 36.5 Å². The summed E-state index contributed by atoms with van der Waals surface area (Å²) in [5.41, 5.74) is 7.81. The van der Waals surface area contributed by atoms with Crippen molar-refractivity contribution in [3.8, 4) is 0 Å². The third kappa shape index (κ3) is 4.19. The lowest BCUT2D eigenvalue weighted by Crippen LogP contribution is -2.49. The molecule has 1 aliphatic rings. The summed E-state index contributed by atoms with van der Waals surface area (Å²) >= 11 is 0. The average Bonchev–Trinajstić information content (AvgIpc) is 2.57. The Morgan fingerprint density at radius 1 is 1.36 bits per heavy atom. The van der Waals surface area contributed by atoms with Crippen LogP contribution in [-0.2, 0) is 22.4 Å². The average molecular weight is 342 g/mol. The zero-order valence-corrected chi connectivity index (χ0v) is 13.5. The SMILES string of the molecule is N[C@@H](CC(=O)NC1Cc2ncccc2NC1=O)Cc1ccccc1F. The number of nitrogens with two attached hydrogens (primary N) is 1. The first-order valence-electron chi connectivity index (χ1n) is 8.06. The molecule has 0 radical (unpaired) electrons. The van der Waals surface area contributed by atoms with Crippen molar-refractivity contribution in [3.05, 3.63) is 59.7 Å². The van der Waals surface area contributed by atoms with E-state index < -0.39 is 12.1 Å². The zero-order chi connectivity index (χ0) is 17.8. The molecule has 1 aromatic carbocycles. The quantitative estimate of drug-likeness (QED) is 0.759. The molecule has 3 rings (SSSR count). The molecule has 7 heteroatoms. The number of nitrogens with one attached hydrogen (secondary N) is 2. The van der Waals surface area contributed by atoms with Crippen LogP contribution in [0.4, 0.5) is 10.1 Å². The Kier molecular flexibility index (Phi) is 5.04. The first-order chi connectivity index (χ1) is 12.0. The van der Waals surface area contributed by atoms with E-state index in [9.17, 15) is 14.0 Å². The highest BCUT2D eigenvalue weighted by Gasteiger charge is 2.28. The molecule has 1 aliphatic heterocycles. The van der Waals surface area contributed by atoms with Gasteiger partial charge in [0.25, 0.3) is 0 Å². The van der Waals surface area contributed by atoms with Gasteiger partial charge in [0, 0.05) is 25.1 Å². The lowest BCUT2D eigenvalue weighted by atomic mass is 10.0. The largest absolute Gasteiger partial charge is 0.344 e. The lowest BCUT2D eigenvalue weighted by molar-refractivity contribution is -0.126. The standard InChI is InChI=1S/C18H19FN4O2/c19-13-5-2-1-4-11(13)8-12(20)9-17(24)22-16-10-15-14(23-18(16)25)6-3-7-21-15/h1-7,12,16H,8-10,20H2,(H,22,24)(H,23,25)/t12-,16?/m1/s1. The number of carbonyl (C=O) groups excluding carboxylic acids is 2. The third-order valence-corrected chi connectivity index (χ3v) is 4.08. The molecule has 2 heterocycles. The zero-order valence-electron chi connectivity index (χ0n) is 13.5. The summed E-state index contributed by atoms with van der Waals surface area (Å²) in [6.45, 7) is 0. The van der Waals surface area contributed by atoms with Gasteiger partial charge in [-0.3, -0.25) is 14.6 Å². The van der Waals surface area contributed by atoms with E-state index in [-0.39, 0.29) is 30.5 Å². The minimum atomic E-state index is -0.685. The van der Waals surface area contributed by atoms with Crippen LogP contribution < -0.4 is 16.4 Å².